The van der Waals surface area contributed by atoms with Gasteiger partial charge in [-0.05, 0) is 0 Å². The van der Waals surface area contributed by atoms with Crippen LogP contribution >= 0.6 is 0 Å². The molecule has 0 bridgehead atoms. The van der Waals surface area contributed by atoms with E-state index in [1.54, 1.807) is 0 Å². The Bertz CT molecular complexity index is 448. The third-order valence-corrected chi connectivity index (χ3v) is 1.94. The van der Waals surface area contributed by atoms with Gasteiger partial charge in [0.1, 0.15) is 6.33 Å². The Morgan fingerprint density at radius 1 is 1.62 bits per heavy atom. The molecule has 16 heavy (non-hydrogen) atoms. The van der Waals surface area contributed by atoms with Gasteiger partial charge in [-0.25, -0.2) is 9.48 Å². The Kier molecular flexibility index (Phi) is 3.06. The van der Waals surface area contributed by atoms with Crippen molar-refractivity contribution in [2.24, 2.45) is 13.0 Å². The van der Waals surface area contributed by atoms with Gasteiger partial charge in [-0.1, -0.05) is 0 Å². The molecule has 0 saturated carbocycles. The normalized spacial score (nSPS) is 13.8. The quantitative estimate of drug-likeness (QED) is 0.795. The van der Waals surface area contributed by atoms with Gasteiger partial charge in [0.15, 0.2) is 5.92 Å². The number of carboxylic acids is 1. The first kappa shape index (κ1) is 12.3. The maximum Gasteiger partial charge on any atom is 0.404 e. The number of nitrogens with zero attached hydrogens (tertiary/aromatic N) is 3. The zero-order chi connectivity index (χ0) is 12.5. The van der Waals surface area contributed by atoms with Crippen LogP contribution < -0.4 is 5.69 Å². The van der Waals surface area contributed by atoms with E-state index in [4.69, 9.17) is 5.11 Å². The number of aromatic nitrogens is 3. The lowest BCUT2D eigenvalue weighted by Gasteiger charge is -2.14. The molecule has 1 aromatic heterocycles. The summed E-state index contributed by atoms with van der Waals surface area (Å²) in [6, 6.07) is 0. The summed E-state index contributed by atoms with van der Waals surface area (Å²) in [7, 11) is 1.30. The number of hydrogen-bond donors (Lipinski definition) is 1. The molecule has 1 heterocycles. The van der Waals surface area contributed by atoms with Gasteiger partial charge in [-0.3, -0.25) is 9.36 Å². The molecule has 0 aliphatic rings. The fourth-order valence-corrected chi connectivity index (χ4v) is 1.04. The van der Waals surface area contributed by atoms with E-state index in [2.05, 4.69) is 5.10 Å². The average molecular weight is 239 g/mol. The van der Waals surface area contributed by atoms with Crippen LogP contribution in [-0.2, 0) is 18.4 Å². The van der Waals surface area contributed by atoms with Gasteiger partial charge >= 0.3 is 17.8 Å². The Morgan fingerprint density at radius 2 is 2.19 bits per heavy atom. The van der Waals surface area contributed by atoms with Crippen LogP contribution in [0.25, 0.3) is 0 Å². The lowest BCUT2D eigenvalue weighted by molar-refractivity contribution is -0.196. The largest absolute Gasteiger partial charge is 0.481 e. The first-order valence-corrected chi connectivity index (χ1v) is 4.11. The number of hydrogen-bond acceptors (Lipinski definition) is 3. The average Bonchev–Trinajstić information content (AvgIpc) is 2.42. The summed E-state index contributed by atoms with van der Waals surface area (Å²) in [5.74, 6) is -4.68. The molecular weight excluding hydrogens is 231 g/mol. The summed E-state index contributed by atoms with van der Waals surface area (Å²) in [6.45, 7) is -1.03. The van der Waals surface area contributed by atoms with E-state index in [1.165, 1.54) is 7.05 Å². The van der Waals surface area contributed by atoms with Crippen molar-refractivity contribution in [3.63, 3.8) is 0 Å². The highest BCUT2D eigenvalue weighted by Gasteiger charge is 2.45. The molecule has 0 aromatic carbocycles. The van der Waals surface area contributed by atoms with Crippen LogP contribution in [0, 0.1) is 5.92 Å². The van der Waals surface area contributed by atoms with Crippen molar-refractivity contribution >= 4 is 5.97 Å². The fourth-order valence-electron chi connectivity index (χ4n) is 1.04. The molecule has 1 aromatic rings. The maximum absolute atomic E-state index is 12.3. The maximum atomic E-state index is 12.3. The van der Waals surface area contributed by atoms with Gasteiger partial charge in [0, 0.05) is 7.05 Å². The van der Waals surface area contributed by atoms with Crippen molar-refractivity contribution in [3.8, 4) is 0 Å². The van der Waals surface area contributed by atoms with Crippen molar-refractivity contribution in [2.45, 2.75) is 12.7 Å². The minimum Gasteiger partial charge on any atom is -0.481 e. The standard InChI is InChI=1S/C7H8F3N3O3/c1-12-3-11-13(6(12)16)2-4(5(14)15)7(8,9)10/h3-4H,2H2,1H3,(H,14,15). The molecule has 0 aliphatic heterocycles. The van der Waals surface area contributed by atoms with E-state index in [0.717, 1.165) is 10.9 Å². The number of aliphatic carboxylic acids is 1. The van der Waals surface area contributed by atoms with Crippen LogP contribution in [0.1, 0.15) is 0 Å². The Hall–Kier alpha value is -1.80. The van der Waals surface area contributed by atoms with E-state index >= 15 is 0 Å². The van der Waals surface area contributed by atoms with Crippen molar-refractivity contribution in [1.29, 1.82) is 0 Å². The summed E-state index contributed by atoms with van der Waals surface area (Å²) in [5.41, 5.74) is -0.796. The van der Waals surface area contributed by atoms with Gasteiger partial charge in [0.05, 0.1) is 6.54 Å². The molecular formula is C7H8F3N3O3. The molecule has 0 aliphatic carbocycles. The van der Waals surface area contributed by atoms with E-state index in [0.29, 0.717) is 4.68 Å². The van der Waals surface area contributed by atoms with Gasteiger partial charge < -0.3 is 5.11 Å². The first-order valence-electron chi connectivity index (χ1n) is 4.11. The van der Waals surface area contributed by atoms with E-state index in [9.17, 15) is 22.8 Å². The molecule has 0 saturated heterocycles. The molecule has 6 nitrogen and oxygen atoms in total. The van der Waals surface area contributed by atoms with Crippen LogP contribution in [-0.4, -0.2) is 31.6 Å². The predicted octanol–water partition coefficient (Wildman–Crippen LogP) is -0.155. The number of carboxylic acid groups (broad SMARTS) is 1. The van der Waals surface area contributed by atoms with Crippen LogP contribution in [0.15, 0.2) is 11.1 Å². The molecule has 90 valence electrons. The number of carbonyl (C=O) groups is 1. The molecule has 1 atom stereocenters. The summed E-state index contributed by atoms with van der Waals surface area (Å²) in [5, 5.41) is 11.8. The Labute approximate surface area is 86.9 Å². The third-order valence-electron chi connectivity index (χ3n) is 1.94. The zero-order valence-electron chi connectivity index (χ0n) is 8.10. The van der Waals surface area contributed by atoms with E-state index in [-0.39, 0.29) is 0 Å². The lowest BCUT2D eigenvalue weighted by Crippen LogP contribution is -2.37. The van der Waals surface area contributed by atoms with Crippen LogP contribution in [0.4, 0.5) is 13.2 Å². The fraction of sp³-hybridized carbons (Fsp3) is 0.571. The molecule has 1 rings (SSSR count). The summed E-state index contributed by atoms with van der Waals surface area (Å²) < 4.78 is 38.2. The van der Waals surface area contributed by atoms with Crippen molar-refractivity contribution < 1.29 is 23.1 Å². The van der Waals surface area contributed by atoms with Crippen LogP contribution in [0.5, 0.6) is 0 Å². The third kappa shape index (κ3) is 2.41. The first-order chi connectivity index (χ1) is 7.23. The highest BCUT2D eigenvalue weighted by atomic mass is 19.4. The summed E-state index contributed by atoms with van der Waals surface area (Å²) >= 11 is 0. The van der Waals surface area contributed by atoms with Gasteiger partial charge in [-0.2, -0.15) is 18.3 Å². The number of halogens is 3. The molecule has 9 heteroatoms. The van der Waals surface area contributed by atoms with Gasteiger partial charge in [0.25, 0.3) is 0 Å². The van der Waals surface area contributed by atoms with Crippen molar-refractivity contribution in [2.75, 3.05) is 0 Å². The molecule has 0 spiro atoms. The van der Waals surface area contributed by atoms with Gasteiger partial charge in [-0.15, -0.1) is 0 Å². The highest BCUT2D eigenvalue weighted by Crippen LogP contribution is 2.27. The number of aryl methyl sites for hydroxylation is 1. The topological polar surface area (TPSA) is 77.1 Å². The van der Waals surface area contributed by atoms with Crippen molar-refractivity contribution in [3.05, 3.63) is 16.8 Å². The molecule has 0 amide bonds. The monoisotopic (exact) mass is 239 g/mol. The second-order valence-electron chi connectivity index (χ2n) is 3.14. The number of alkyl halides is 3. The van der Waals surface area contributed by atoms with Crippen LogP contribution in [0.2, 0.25) is 0 Å². The summed E-state index contributed by atoms with van der Waals surface area (Å²) in [6.07, 6.45) is -3.90. The molecule has 0 fully saturated rings. The zero-order valence-corrected chi connectivity index (χ0v) is 8.10. The lowest BCUT2D eigenvalue weighted by atomic mass is 10.1. The smallest absolute Gasteiger partial charge is 0.404 e. The van der Waals surface area contributed by atoms with Crippen molar-refractivity contribution in [1.82, 2.24) is 14.3 Å². The van der Waals surface area contributed by atoms with Crippen LogP contribution in [0.3, 0.4) is 0 Å². The highest BCUT2D eigenvalue weighted by molar-refractivity contribution is 5.70. The minimum atomic E-state index is -4.91. The minimum absolute atomic E-state index is 0.465. The summed E-state index contributed by atoms with van der Waals surface area (Å²) in [4.78, 5) is 21.6. The molecule has 1 N–H and O–H groups in total. The number of rotatable bonds is 3. The van der Waals surface area contributed by atoms with Gasteiger partial charge in [0.2, 0.25) is 0 Å². The SMILES string of the molecule is Cn1cnn(CC(C(=O)O)C(F)(F)F)c1=O. The van der Waals surface area contributed by atoms with E-state index < -0.39 is 30.3 Å². The second kappa shape index (κ2) is 3.99. The second-order valence-corrected chi connectivity index (χ2v) is 3.14. The Morgan fingerprint density at radius 3 is 2.50 bits per heavy atom. The Balaban J connectivity index is 2.98. The predicted molar refractivity (Wildman–Crippen MR) is 44.6 cm³/mol. The van der Waals surface area contributed by atoms with E-state index in [1.807, 2.05) is 0 Å². The molecule has 0 radical (unpaired) electrons. The molecule has 1 unspecified atom stereocenters.